The summed E-state index contributed by atoms with van der Waals surface area (Å²) in [7, 11) is 0. The van der Waals surface area contributed by atoms with Crippen LogP contribution in [0.25, 0.3) is 0 Å². The van der Waals surface area contributed by atoms with E-state index in [9.17, 15) is 9.59 Å². The number of hydrogen-bond acceptors (Lipinski definition) is 6. The first-order valence-electron chi connectivity index (χ1n) is 10.00. The van der Waals surface area contributed by atoms with Crippen molar-refractivity contribution in [2.75, 3.05) is 19.8 Å². The molecule has 0 aliphatic heterocycles. The number of fused-ring (bicyclic) bond motifs is 1. The Morgan fingerprint density at radius 1 is 1.07 bits per heavy atom. The number of ether oxygens (including phenoxy) is 3. The minimum atomic E-state index is -0.388. The van der Waals surface area contributed by atoms with Gasteiger partial charge in [0.1, 0.15) is 12.4 Å². The van der Waals surface area contributed by atoms with E-state index in [4.69, 9.17) is 14.2 Å². The summed E-state index contributed by atoms with van der Waals surface area (Å²) in [6, 6.07) is 15.5. The van der Waals surface area contributed by atoms with Crippen LogP contribution in [-0.2, 0) is 32.1 Å². The van der Waals surface area contributed by atoms with E-state index in [2.05, 4.69) is 5.32 Å². The standard InChI is InChI=1S/C23H27NO5/c1-2-27-23(26)16-28-19-12-11-18-9-6-10-21(20(18)13-19)24-14-22(25)29-15-17-7-4-3-5-8-17/h3-5,7-8,11-13,21,24H,2,6,9-10,14-16H2,1H3/t21-/m0/s1. The molecule has 0 aromatic heterocycles. The first-order chi connectivity index (χ1) is 14.2. The van der Waals surface area contributed by atoms with Crippen LogP contribution in [0.15, 0.2) is 48.5 Å². The molecule has 0 spiro atoms. The molecule has 0 heterocycles. The third-order valence-electron chi connectivity index (χ3n) is 4.83. The largest absolute Gasteiger partial charge is 0.482 e. The zero-order valence-electron chi connectivity index (χ0n) is 16.7. The molecule has 6 nitrogen and oxygen atoms in total. The van der Waals surface area contributed by atoms with Crippen LogP contribution in [-0.4, -0.2) is 31.7 Å². The number of carbonyl (C=O) groups is 2. The van der Waals surface area contributed by atoms with Crippen LogP contribution < -0.4 is 10.1 Å². The van der Waals surface area contributed by atoms with Crippen LogP contribution in [0.5, 0.6) is 5.75 Å². The lowest BCUT2D eigenvalue weighted by atomic mass is 9.87. The molecule has 0 saturated heterocycles. The lowest BCUT2D eigenvalue weighted by Crippen LogP contribution is -2.31. The van der Waals surface area contributed by atoms with Crippen molar-refractivity contribution < 1.29 is 23.8 Å². The number of benzene rings is 2. The van der Waals surface area contributed by atoms with Crippen molar-refractivity contribution in [3.63, 3.8) is 0 Å². The molecular formula is C23H27NO5. The number of nitrogens with one attached hydrogen (secondary N) is 1. The predicted molar refractivity (Wildman–Crippen MR) is 108 cm³/mol. The maximum atomic E-state index is 12.1. The first-order valence-corrected chi connectivity index (χ1v) is 10.00. The van der Waals surface area contributed by atoms with Crippen LogP contribution in [0.4, 0.5) is 0 Å². The molecule has 154 valence electrons. The van der Waals surface area contributed by atoms with Crippen molar-refractivity contribution in [2.24, 2.45) is 0 Å². The predicted octanol–water partition coefficient (Wildman–Crippen LogP) is 3.34. The van der Waals surface area contributed by atoms with Crippen molar-refractivity contribution in [1.29, 1.82) is 0 Å². The van der Waals surface area contributed by atoms with Crippen LogP contribution in [0.3, 0.4) is 0 Å². The summed E-state index contributed by atoms with van der Waals surface area (Å²) in [5.41, 5.74) is 3.30. The third-order valence-corrected chi connectivity index (χ3v) is 4.83. The lowest BCUT2D eigenvalue weighted by molar-refractivity contribution is -0.145. The average Bonchev–Trinajstić information content (AvgIpc) is 2.75. The summed E-state index contributed by atoms with van der Waals surface area (Å²) >= 11 is 0. The van der Waals surface area contributed by atoms with E-state index in [-0.39, 0.29) is 37.7 Å². The Bertz CT molecular complexity index is 821. The van der Waals surface area contributed by atoms with E-state index < -0.39 is 0 Å². The molecule has 29 heavy (non-hydrogen) atoms. The van der Waals surface area contributed by atoms with Crippen molar-refractivity contribution in [3.8, 4) is 5.75 Å². The molecule has 0 amide bonds. The van der Waals surface area contributed by atoms with E-state index >= 15 is 0 Å². The van der Waals surface area contributed by atoms with Crippen LogP contribution in [0.2, 0.25) is 0 Å². The fourth-order valence-corrected chi connectivity index (χ4v) is 3.42. The van der Waals surface area contributed by atoms with Gasteiger partial charge in [-0.3, -0.25) is 4.79 Å². The molecule has 1 aliphatic carbocycles. The summed E-state index contributed by atoms with van der Waals surface area (Å²) in [5.74, 6) is -0.0473. The van der Waals surface area contributed by atoms with Gasteiger partial charge in [-0.2, -0.15) is 0 Å². The van der Waals surface area contributed by atoms with Gasteiger partial charge in [0.05, 0.1) is 13.2 Å². The molecule has 1 N–H and O–H groups in total. The lowest BCUT2D eigenvalue weighted by Gasteiger charge is -2.26. The van der Waals surface area contributed by atoms with Gasteiger partial charge in [0.25, 0.3) is 0 Å². The molecule has 1 aliphatic rings. The topological polar surface area (TPSA) is 73.9 Å². The Morgan fingerprint density at radius 3 is 2.69 bits per heavy atom. The summed E-state index contributed by atoms with van der Waals surface area (Å²) in [4.78, 5) is 23.6. The monoisotopic (exact) mass is 397 g/mol. The Hall–Kier alpha value is -2.86. The normalized spacial score (nSPS) is 15.3. The number of aryl methyl sites for hydroxylation is 1. The summed E-state index contributed by atoms with van der Waals surface area (Å²) in [6.07, 6.45) is 2.97. The van der Waals surface area contributed by atoms with Gasteiger partial charge in [-0.15, -0.1) is 0 Å². The quantitative estimate of drug-likeness (QED) is 0.654. The van der Waals surface area contributed by atoms with Crippen molar-refractivity contribution >= 4 is 11.9 Å². The fraction of sp³-hybridized carbons (Fsp3) is 0.391. The molecule has 3 rings (SSSR count). The molecule has 6 heteroatoms. The highest BCUT2D eigenvalue weighted by molar-refractivity contribution is 5.72. The van der Waals surface area contributed by atoms with Gasteiger partial charge in [-0.1, -0.05) is 36.4 Å². The smallest absolute Gasteiger partial charge is 0.344 e. The molecule has 0 bridgehead atoms. The van der Waals surface area contributed by atoms with Crippen LogP contribution in [0, 0.1) is 0 Å². The van der Waals surface area contributed by atoms with E-state index in [0.29, 0.717) is 12.4 Å². The second-order valence-electron chi connectivity index (χ2n) is 6.93. The number of esters is 2. The van der Waals surface area contributed by atoms with Gasteiger partial charge in [0, 0.05) is 6.04 Å². The summed E-state index contributed by atoms with van der Waals surface area (Å²) in [5, 5.41) is 3.30. The number of rotatable bonds is 9. The molecule has 2 aromatic rings. The molecule has 0 saturated carbocycles. The van der Waals surface area contributed by atoms with Gasteiger partial charge in [-0.25, -0.2) is 4.79 Å². The van der Waals surface area contributed by atoms with E-state index in [1.165, 1.54) is 5.56 Å². The Labute approximate surface area is 171 Å². The van der Waals surface area contributed by atoms with Gasteiger partial charge in [-0.05, 0) is 55.0 Å². The van der Waals surface area contributed by atoms with Gasteiger partial charge >= 0.3 is 11.9 Å². The first kappa shape index (κ1) is 20.9. The molecule has 1 atom stereocenters. The average molecular weight is 397 g/mol. The third kappa shape index (κ3) is 6.32. The zero-order valence-corrected chi connectivity index (χ0v) is 16.7. The molecule has 0 unspecified atom stereocenters. The van der Waals surface area contributed by atoms with Gasteiger partial charge in [0.15, 0.2) is 6.61 Å². The van der Waals surface area contributed by atoms with Crippen molar-refractivity contribution in [3.05, 3.63) is 65.2 Å². The van der Waals surface area contributed by atoms with E-state index in [1.54, 1.807) is 6.92 Å². The molecule has 0 fully saturated rings. The summed E-state index contributed by atoms with van der Waals surface area (Å²) in [6.45, 7) is 2.40. The van der Waals surface area contributed by atoms with Crippen LogP contribution >= 0.6 is 0 Å². The molecule has 2 aromatic carbocycles. The van der Waals surface area contributed by atoms with E-state index in [0.717, 1.165) is 30.4 Å². The highest BCUT2D eigenvalue weighted by Crippen LogP contribution is 2.32. The Morgan fingerprint density at radius 2 is 1.90 bits per heavy atom. The SMILES string of the molecule is CCOC(=O)COc1ccc2c(c1)[C@@H](NCC(=O)OCc1ccccc1)CCC2. The minimum absolute atomic E-state index is 0.0502. The number of carbonyl (C=O) groups excluding carboxylic acids is 2. The highest BCUT2D eigenvalue weighted by Gasteiger charge is 2.21. The summed E-state index contributed by atoms with van der Waals surface area (Å²) < 4.78 is 15.8. The zero-order chi connectivity index (χ0) is 20.5. The number of hydrogen-bond donors (Lipinski definition) is 1. The second-order valence-corrected chi connectivity index (χ2v) is 6.93. The molecular weight excluding hydrogens is 370 g/mol. The van der Waals surface area contributed by atoms with Gasteiger partial charge < -0.3 is 19.5 Å². The maximum absolute atomic E-state index is 12.1. The molecule has 0 radical (unpaired) electrons. The Kier molecular flexibility index (Phi) is 7.64. The highest BCUT2D eigenvalue weighted by atomic mass is 16.6. The minimum Gasteiger partial charge on any atom is -0.482 e. The fourth-order valence-electron chi connectivity index (χ4n) is 3.42. The maximum Gasteiger partial charge on any atom is 0.344 e. The van der Waals surface area contributed by atoms with Gasteiger partial charge in [0.2, 0.25) is 0 Å². The van der Waals surface area contributed by atoms with E-state index in [1.807, 2.05) is 48.5 Å². The Balaban J connectivity index is 1.54. The van der Waals surface area contributed by atoms with Crippen LogP contribution in [0.1, 0.15) is 42.5 Å². The van der Waals surface area contributed by atoms with Crippen molar-refractivity contribution in [1.82, 2.24) is 5.32 Å². The van der Waals surface area contributed by atoms with Crippen molar-refractivity contribution in [2.45, 2.75) is 38.8 Å². The second kappa shape index (κ2) is 10.6.